The van der Waals surface area contributed by atoms with Crippen molar-refractivity contribution in [3.8, 4) is 0 Å². The Morgan fingerprint density at radius 1 is 1.09 bits per heavy atom. The number of para-hydroxylation sites is 1. The van der Waals surface area contributed by atoms with E-state index in [-0.39, 0.29) is 16.8 Å². The van der Waals surface area contributed by atoms with Crippen LogP contribution in [0.4, 0.5) is 23.3 Å². The first kappa shape index (κ1) is 23.0. The Balaban J connectivity index is 1.76. The number of hydrogen-bond acceptors (Lipinski definition) is 10. The van der Waals surface area contributed by atoms with E-state index in [1.165, 1.54) is 6.07 Å². The number of aromatic nitrogens is 2. The van der Waals surface area contributed by atoms with Gasteiger partial charge < -0.3 is 29.7 Å². The third-order valence-corrected chi connectivity index (χ3v) is 6.48. The molecule has 1 aromatic heterocycles. The van der Waals surface area contributed by atoms with Gasteiger partial charge in [0.2, 0.25) is 5.95 Å². The van der Waals surface area contributed by atoms with Crippen LogP contribution < -0.4 is 15.1 Å². The van der Waals surface area contributed by atoms with Gasteiger partial charge in [0, 0.05) is 43.5 Å². The highest BCUT2D eigenvalue weighted by Gasteiger charge is 2.40. The predicted molar refractivity (Wildman–Crippen MR) is 127 cm³/mol. The number of nitrogens with one attached hydrogen (secondary N) is 1. The van der Waals surface area contributed by atoms with Gasteiger partial charge in [-0.05, 0) is 6.92 Å². The fourth-order valence-corrected chi connectivity index (χ4v) is 4.83. The number of anilines is 3. The van der Waals surface area contributed by atoms with Crippen molar-refractivity contribution in [1.82, 2.24) is 9.97 Å². The van der Waals surface area contributed by atoms with Crippen LogP contribution in [-0.4, -0.2) is 78.6 Å². The summed E-state index contributed by atoms with van der Waals surface area (Å²) in [7, 11) is 0. The second kappa shape index (κ2) is 9.47. The Hall–Kier alpha value is -3.77. The number of carboxylic acids is 1. The maximum Gasteiger partial charge on any atom is 0.334 e. The van der Waals surface area contributed by atoms with Gasteiger partial charge >= 0.3 is 5.97 Å². The van der Waals surface area contributed by atoms with Gasteiger partial charge in [0.25, 0.3) is 5.69 Å². The van der Waals surface area contributed by atoms with E-state index in [4.69, 9.17) is 19.4 Å². The molecule has 4 heterocycles. The Morgan fingerprint density at radius 2 is 1.71 bits per heavy atom. The Morgan fingerprint density at radius 3 is 2.34 bits per heavy atom. The number of aliphatic carboxylic acids is 1. The second-order valence-corrected chi connectivity index (χ2v) is 8.53. The number of allylic oxidation sites excluding steroid dienone is 1. The lowest BCUT2D eigenvalue weighted by Crippen LogP contribution is -2.41. The average molecular weight is 482 g/mol. The summed E-state index contributed by atoms with van der Waals surface area (Å²) in [6.07, 6.45) is 0. The van der Waals surface area contributed by atoms with Gasteiger partial charge in [-0.25, -0.2) is 4.79 Å². The number of ether oxygens (including phenoxy) is 2. The normalized spacial score (nSPS) is 20.3. The highest BCUT2D eigenvalue weighted by Crippen LogP contribution is 2.48. The van der Waals surface area contributed by atoms with Crippen molar-refractivity contribution in [3.63, 3.8) is 0 Å². The molecular weight excluding hydrogens is 456 g/mol. The number of nitro groups is 1. The van der Waals surface area contributed by atoms with E-state index < -0.39 is 16.8 Å². The number of morpholine rings is 2. The fraction of sp³-hybridized carbons (Fsp3) is 0.435. The number of rotatable bonds is 5. The number of nitrogens with zero attached hydrogens (tertiary/aromatic N) is 5. The standard InChI is InChI=1S/C23H26N6O6/c1-14-17(22(30)31)18(15-4-2-3-5-16(15)29(32)33)19-20(24-14)25-23(28-8-12-35-13-9-28)26-21(19)27-6-10-34-11-7-27/h2-5,18H,6-13H2,1H3,(H,30,31)(H,24,25,26). The summed E-state index contributed by atoms with van der Waals surface area (Å²) < 4.78 is 11.0. The predicted octanol–water partition coefficient (Wildman–Crippen LogP) is 1.97. The molecule has 1 unspecified atom stereocenters. The van der Waals surface area contributed by atoms with Crippen LogP contribution >= 0.6 is 0 Å². The van der Waals surface area contributed by atoms with Crippen LogP contribution in [0.2, 0.25) is 0 Å². The molecule has 1 aromatic carbocycles. The minimum absolute atomic E-state index is 0.0315. The molecule has 0 spiro atoms. The van der Waals surface area contributed by atoms with E-state index in [9.17, 15) is 20.0 Å². The van der Waals surface area contributed by atoms with Crippen molar-refractivity contribution >= 4 is 29.2 Å². The van der Waals surface area contributed by atoms with Crippen molar-refractivity contribution in [2.24, 2.45) is 0 Å². The number of carboxylic acid groups (broad SMARTS) is 1. The molecule has 2 aromatic rings. The molecule has 2 fully saturated rings. The molecule has 2 N–H and O–H groups in total. The average Bonchev–Trinajstić information content (AvgIpc) is 2.88. The molecule has 5 rings (SSSR count). The lowest BCUT2D eigenvalue weighted by atomic mass is 9.81. The second-order valence-electron chi connectivity index (χ2n) is 8.53. The molecule has 12 nitrogen and oxygen atoms in total. The Bertz CT molecular complexity index is 1190. The number of fused-ring (bicyclic) bond motifs is 1. The number of hydrogen-bond donors (Lipinski definition) is 2. The summed E-state index contributed by atoms with van der Waals surface area (Å²) in [6, 6.07) is 6.24. The molecule has 1 atom stereocenters. The van der Waals surface area contributed by atoms with E-state index >= 15 is 0 Å². The fourth-order valence-electron chi connectivity index (χ4n) is 4.83. The molecule has 35 heavy (non-hydrogen) atoms. The summed E-state index contributed by atoms with van der Waals surface area (Å²) in [5.74, 6) is -0.569. The zero-order chi connectivity index (χ0) is 24.5. The van der Waals surface area contributed by atoms with Crippen molar-refractivity contribution in [1.29, 1.82) is 0 Å². The van der Waals surface area contributed by atoms with Crippen LogP contribution in [0.25, 0.3) is 0 Å². The maximum atomic E-state index is 12.5. The number of nitro benzene ring substituents is 1. The summed E-state index contributed by atoms with van der Waals surface area (Å²) in [4.78, 5) is 37.7. The molecule has 3 aliphatic rings. The molecule has 0 radical (unpaired) electrons. The molecule has 3 aliphatic heterocycles. The van der Waals surface area contributed by atoms with Crippen LogP contribution in [0.3, 0.4) is 0 Å². The van der Waals surface area contributed by atoms with Gasteiger partial charge in [-0.15, -0.1) is 0 Å². The van der Waals surface area contributed by atoms with Crippen molar-refractivity contribution in [3.05, 3.63) is 56.8 Å². The third-order valence-electron chi connectivity index (χ3n) is 6.48. The highest BCUT2D eigenvalue weighted by atomic mass is 16.6. The van der Waals surface area contributed by atoms with Gasteiger partial charge in [-0.3, -0.25) is 10.1 Å². The number of carbonyl (C=O) groups is 1. The number of benzene rings is 1. The smallest absolute Gasteiger partial charge is 0.334 e. The van der Waals surface area contributed by atoms with Gasteiger partial charge in [0.1, 0.15) is 11.6 Å². The van der Waals surface area contributed by atoms with Gasteiger partial charge in [0.05, 0.1) is 48.4 Å². The summed E-state index contributed by atoms with van der Waals surface area (Å²) in [5, 5.41) is 25.3. The quantitative estimate of drug-likeness (QED) is 0.477. The minimum atomic E-state index is -1.16. The van der Waals surface area contributed by atoms with Gasteiger partial charge in [-0.2, -0.15) is 9.97 Å². The van der Waals surface area contributed by atoms with Crippen molar-refractivity contribution in [2.75, 3.05) is 67.7 Å². The largest absolute Gasteiger partial charge is 0.478 e. The van der Waals surface area contributed by atoms with Crippen molar-refractivity contribution in [2.45, 2.75) is 12.8 Å². The van der Waals surface area contributed by atoms with Crippen LogP contribution in [0, 0.1) is 10.1 Å². The van der Waals surface area contributed by atoms with Gasteiger partial charge in [0.15, 0.2) is 0 Å². The summed E-state index contributed by atoms with van der Waals surface area (Å²) in [6.45, 7) is 6.13. The molecule has 184 valence electrons. The SMILES string of the molecule is CC1=C(C(=O)O)C(c2ccccc2[N+](=O)[O-])c2c(nc(N3CCOCC3)nc2N2CCOCC2)N1. The maximum absolute atomic E-state index is 12.5. The van der Waals surface area contributed by atoms with E-state index in [0.717, 1.165) is 0 Å². The Labute approximate surface area is 201 Å². The zero-order valence-electron chi connectivity index (χ0n) is 19.3. The first-order valence-corrected chi connectivity index (χ1v) is 11.5. The highest BCUT2D eigenvalue weighted by molar-refractivity contribution is 5.94. The molecule has 0 bridgehead atoms. The van der Waals surface area contributed by atoms with E-state index in [2.05, 4.69) is 5.32 Å². The molecule has 0 amide bonds. The van der Waals surface area contributed by atoms with E-state index in [0.29, 0.717) is 81.5 Å². The van der Waals surface area contributed by atoms with Crippen LogP contribution in [0.1, 0.15) is 24.0 Å². The van der Waals surface area contributed by atoms with E-state index in [1.54, 1.807) is 25.1 Å². The minimum Gasteiger partial charge on any atom is -0.478 e. The van der Waals surface area contributed by atoms with Gasteiger partial charge in [-0.1, -0.05) is 18.2 Å². The van der Waals surface area contributed by atoms with Crippen LogP contribution in [0.15, 0.2) is 35.5 Å². The lowest BCUT2D eigenvalue weighted by molar-refractivity contribution is -0.385. The zero-order valence-corrected chi connectivity index (χ0v) is 19.3. The topological polar surface area (TPSA) is 143 Å². The molecular formula is C23H26N6O6. The summed E-state index contributed by atoms with van der Waals surface area (Å²) >= 11 is 0. The Kier molecular flexibility index (Phi) is 6.22. The molecule has 12 heteroatoms. The molecule has 2 saturated heterocycles. The molecule has 0 aliphatic carbocycles. The lowest BCUT2D eigenvalue weighted by Gasteiger charge is -2.36. The first-order chi connectivity index (χ1) is 17.0. The molecule has 0 saturated carbocycles. The van der Waals surface area contributed by atoms with Crippen LogP contribution in [-0.2, 0) is 14.3 Å². The summed E-state index contributed by atoms with van der Waals surface area (Å²) in [5.41, 5.74) is 1.06. The van der Waals surface area contributed by atoms with Crippen LogP contribution in [0.5, 0.6) is 0 Å². The van der Waals surface area contributed by atoms with E-state index in [1.807, 2.05) is 9.80 Å². The first-order valence-electron chi connectivity index (χ1n) is 11.5. The monoisotopic (exact) mass is 482 g/mol. The third kappa shape index (κ3) is 4.26. The van der Waals surface area contributed by atoms with Crippen molar-refractivity contribution < 1.29 is 24.3 Å².